The van der Waals surface area contributed by atoms with Gasteiger partial charge in [0.05, 0.1) is 17.2 Å². The predicted molar refractivity (Wildman–Crippen MR) is 110 cm³/mol. The summed E-state index contributed by atoms with van der Waals surface area (Å²) in [5.74, 6) is 2.23. The zero-order chi connectivity index (χ0) is 19.8. The van der Waals surface area contributed by atoms with Crippen LogP contribution in [0.25, 0.3) is 0 Å². The summed E-state index contributed by atoms with van der Waals surface area (Å²) in [7, 11) is 0. The molecule has 2 N–H and O–H groups in total. The molecular formula is C24H35N3O. The van der Waals surface area contributed by atoms with Crippen molar-refractivity contribution < 1.29 is 0 Å². The van der Waals surface area contributed by atoms with E-state index in [2.05, 4.69) is 24.7 Å². The lowest BCUT2D eigenvalue weighted by atomic mass is 9.57. The molecule has 5 rings (SSSR count). The smallest absolute Gasteiger partial charge is 0.0777 e. The Hall–Kier alpha value is -1.21. The lowest BCUT2D eigenvalue weighted by molar-refractivity contribution is 0.0468. The summed E-state index contributed by atoms with van der Waals surface area (Å²) in [6, 6.07) is 2.93. The van der Waals surface area contributed by atoms with Crippen LogP contribution in [0.2, 0.25) is 0 Å². The largest absolute Gasteiger partial charge is 0.325 e. The van der Waals surface area contributed by atoms with Gasteiger partial charge in [0.15, 0.2) is 0 Å². The van der Waals surface area contributed by atoms with E-state index in [9.17, 15) is 10.2 Å². The van der Waals surface area contributed by atoms with Crippen LogP contribution in [0.4, 0.5) is 0 Å². The summed E-state index contributed by atoms with van der Waals surface area (Å²) in [6.45, 7) is 6.04. The SMILES string of the molecule is C=C(CC[C@@H](C)C1CCC2C1(C#N)CCC1C23CCC2(N)CCCCC123)N=O. The van der Waals surface area contributed by atoms with Crippen molar-refractivity contribution in [1.29, 1.82) is 5.26 Å². The first-order valence-corrected chi connectivity index (χ1v) is 11.6. The van der Waals surface area contributed by atoms with Crippen LogP contribution in [0.3, 0.4) is 0 Å². The van der Waals surface area contributed by atoms with Crippen molar-refractivity contribution in [3.05, 3.63) is 17.2 Å². The van der Waals surface area contributed by atoms with E-state index in [0.717, 1.165) is 18.8 Å². The van der Waals surface area contributed by atoms with E-state index < -0.39 is 0 Å². The number of allylic oxidation sites excluding steroid dienone is 1. The van der Waals surface area contributed by atoms with Crippen LogP contribution in [0.1, 0.15) is 84.0 Å². The molecule has 0 heterocycles. The molecule has 0 aliphatic heterocycles. The number of hydrogen-bond donors (Lipinski definition) is 1. The predicted octanol–water partition coefficient (Wildman–Crippen LogP) is 5.68. The first-order chi connectivity index (χ1) is 13.4. The quantitative estimate of drug-likeness (QED) is 0.622. The third-order valence-electron chi connectivity index (χ3n) is 10.7. The highest BCUT2D eigenvalue weighted by molar-refractivity contribution is 5.40. The topological polar surface area (TPSA) is 79.2 Å². The van der Waals surface area contributed by atoms with Crippen molar-refractivity contribution in [2.24, 2.45) is 50.8 Å². The van der Waals surface area contributed by atoms with Gasteiger partial charge in [-0.15, -0.1) is 4.91 Å². The van der Waals surface area contributed by atoms with Gasteiger partial charge in [0, 0.05) is 5.54 Å². The van der Waals surface area contributed by atoms with Crippen LogP contribution in [0.5, 0.6) is 0 Å². The molecule has 5 fully saturated rings. The maximum absolute atomic E-state index is 10.7. The molecule has 2 spiro atoms. The molecule has 5 aliphatic rings. The fraction of sp³-hybridized carbons (Fsp3) is 0.875. The highest BCUT2D eigenvalue weighted by Crippen LogP contribution is 2.92. The third-order valence-corrected chi connectivity index (χ3v) is 10.7. The van der Waals surface area contributed by atoms with E-state index in [-0.39, 0.29) is 11.0 Å². The molecule has 0 aromatic heterocycles. The van der Waals surface area contributed by atoms with Crippen LogP contribution < -0.4 is 5.73 Å². The molecule has 7 unspecified atom stereocenters. The van der Waals surface area contributed by atoms with Crippen molar-refractivity contribution in [2.75, 3.05) is 0 Å². The molecule has 4 nitrogen and oxygen atoms in total. The van der Waals surface area contributed by atoms with Gasteiger partial charge in [0.2, 0.25) is 0 Å². The van der Waals surface area contributed by atoms with Crippen molar-refractivity contribution >= 4 is 0 Å². The second-order valence-electron chi connectivity index (χ2n) is 11.0. The van der Waals surface area contributed by atoms with Crippen LogP contribution in [-0.4, -0.2) is 5.54 Å². The summed E-state index contributed by atoms with van der Waals surface area (Å²) in [5.41, 5.74) is 8.18. The number of nitrogens with two attached hydrogens (primary N) is 1. The van der Waals surface area contributed by atoms with Crippen molar-refractivity contribution in [3.8, 4) is 6.07 Å². The zero-order valence-corrected chi connectivity index (χ0v) is 17.4. The second-order valence-corrected chi connectivity index (χ2v) is 11.0. The highest BCUT2D eigenvalue weighted by Gasteiger charge is 2.89. The van der Waals surface area contributed by atoms with E-state index in [4.69, 9.17) is 5.73 Å². The van der Waals surface area contributed by atoms with E-state index in [1.807, 2.05) is 0 Å². The van der Waals surface area contributed by atoms with Crippen LogP contribution in [0, 0.1) is 56.2 Å². The van der Waals surface area contributed by atoms with Crippen molar-refractivity contribution in [1.82, 2.24) is 0 Å². The highest BCUT2D eigenvalue weighted by atomic mass is 16.3. The molecule has 8 atom stereocenters. The number of nitriles is 1. The van der Waals surface area contributed by atoms with Gasteiger partial charge in [-0.1, -0.05) is 26.3 Å². The standard InChI is InChI=1S/C24H35N3O/c1-16(5-6-17(2)27-28)18-7-8-19-21(18,15-25)12-9-20-23(19)14-13-22(26)10-3-4-11-24(20,22)23/h16,18-20H,2-14,26H2,1H3/t16-,18?,19?,20?,21?,22?,23?,24?/m1/s1. The summed E-state index contributed by atoms with van der Waals surface area (Å²) < 4.78 is 0. The molecule has 5 aliphatic carbocycles. The fourth-order valence-electron chi connectivity index (χ4n) is 9.89. The van der Waals surface area contributed by atoms with E-state index in [1.54, 1.807) is 0 Å². The Bertz CT molecular complexity index is 757. The van der Waals surface area contributed by atoms with Gasteiger partial charge >= 0.3 is 0 Å². The third kappa shape index (κ3) is 1.91. The fourth-order valence-corrected chi connectivity index (χ4v) is 9.89. The van der Waals surface area contributed by atoms with E-state index >= 15 is 0 Å². The minimum Gasteiger partial charge on any atom is -0.325 e. The van der Waals surface area contributed by atoms with Crippen LogP contribution >= 0.6 is 0 Å². The Kier molecular flexibility index (Phi) is 3.97. The number of nitrogens with zero attached hydrogens (tertiary/aromatic N) is 2. The summed E-state index contributed by atoms with van der Waals surface area (Å²) in [5, 5.41) is 13.5. The van der Waals surface area contributed by atoms with Gasteiger partial charge < -0.3 is 5.73 Å². The number of rotatable bonds is 5. The van der Waals surface area contributed by atoms with Gasteiger partial charge in [-0.25, -0.2) is 0 Å². The van der Waals surface area contributed by atoms with Gasteiger partial charge in [0.25, 0.3) is 0 Å². The Morgan fingerprint density at radius 1 is 1.18 bits per heavy atom. The molecule has 5 saturated carbocycles. The van der Waals surface area contributed by atoms with Crippen molar-refractivity contribution in [3.63, 3.8) is 0 Å². The molecular weight excluding hydrogens is 346 g/mol. The first-order valence-electron chi connectivity index (χ1n) is 11.6. The lowest BCUT2D eigenvalue weighted by Crippen LogP contribution is -2.50. The first kappa shape index (κ1) is 18.8. The molecule has 4 heteroatoms. The zero-order valence-electron chi connectivity index (χ0n) is 17.4. The molecule has 0 saturated heterocycles. The normalized spacial score (nSPS) is 51.8. The van der Waals surface area contributed by atoms with Crippen LogP contribution in [0.15, 0.2) is 17.5 Å². The van der Waals surface area contributed by atoms with Gasteiger partial charge in [-0.3, -0.25) is 0 Å². The average Bonchev–Trinajstić information content (AvgIpc) is 2.98. The van der Waals surface area contributed by atoms with Crippen LogP contribution in [-0.2, 0) is 0 Å². The molecule has 0 aromatic carbocycles. The average molecular weight is 382 g/mol. The maximum atomic E-state index is 10.7. The minimum atomic E-state index is -0.169. The Morgan fingerprint density at radius 2 is 1.96 bits per heavy atom. The van der Waals surface area contributed by atoms with Crippen molar-refractivity contribution in [2.45, 2.75) is 89.5 Å². The summed E-state index contributed by atoms with van der Waals surface area (Å²) >= 11 is 0. The molecule has 0 aromatic rings. The molecule has 0 bridgehead atoms. The number of fused-ring (bicyclic) bond motifs is 1. The Morgan fingerprint density at radius 3 is 2.71 bits per heavy atom. The molecule has 28 heavy (non-hydrogen) atoms. The van der Waals surface area contributed by atoms with Gasteiger partial charge in [0.1, 0.15) is 0 Å². The minimum absolute atomic E-state index is 0.0541. The summed E-state index contributed by atoms with van der Waals surface area (Å²) in [6.07, 6.45) is 13.9. The lowest BCUT2D eigenvalue weighted by Gasteiger charge is -2.44. The Balaban J connectivity index is 1.45. The molecule has 152 valence electrons. The Labute approximate surface area is 169 Å². The molecule has 0 amide bonds. The van der Waals surface area contributed by atoms with Gasteiger partial charge in [-0.2, -0.15) is 5.26 Å². The summed E-state index contributed by atoms with van der Waals surface area (Å²) in [4.78, 5) is 10.7. The number of nitroso groups, excluding NO2 is 1. The second kappa shape index (κ2) is 5.91. The monoisotopic (exact) mass is 381 g/mol. The molecule has 0 radical (unpaired) electrons. The van der Waals surface area contributed by atoms with Gasteiger partial charge in [-0.05, 0) is 104 Å². The maximum Gasteiger partial charge on any atom is 0.0777 e. The van der Waals surface area contributed by atoms with E-state index in [0.29, 0.717) is 40.7 Å². The van der Waals surface area contributed by atoms with E-state index in [1.165, 1.54) is 57.8 Å². The number of hydrogen-bond acceptors (Lipinski definition) is 4.